The SMILES string of the molecule is O=C(N1CCN(Cc2cccnc2)CC1)C1(C(F)(F)F)CCN(Cc2ccccc2)C1. The zero-order valence-electron chi connectivity index (χ0n) is 17.4. The van der Waals surface area contributed by atoms with Crippen LogP contribution in [-0.4, -0.2) is 71.0 Å². The highest BCUT2D eigenvalue weighted by atomic mass is 19.4. The number of rotatable bonds is 5. The Bertz CT molecular complexity index is 869. The molecule has 166 valence electrons. The van der Waals surface area contributed by atoms with Gasteiger partial charge >= 0.3 is 6.18 Å². The van der Waals surface area contributed by atoms with Gasteiger partial charge in [-0.2, -0.15) is 13.2 Å². The summed E-state index contributed by atoms with van der Waals surface area (Å²) in [6, 6.07) is 13.3. The molecule has 1 atom stereocenters. The molecule has 0 spiro atoms. The summed E-state index contributed by atoms with van der Waals surface area (Å²) in [4.78, 5) is 22.6. The van der Waals surface area contributed by atoms with Crippen molar-refractivity contribution < 1.29 is 18.0 Å². The van der Waals surface area contributed by atoms with E-state index in [1.54, 1.807) is 17.3 Å². The number of piperazine rings is 1. The molecule has 0 N–H and O–H groups in total. The summed E-state index contributed by atoms with van der Waals surface area (Å²) < 4.78 is 42.6. The Balaban J connectivity index is 1.40. The van der Waals surface area contributed by atoms with E-state index in [2.05, 4.69) is 9.88 Å². The number of aromatic nitrogens is 1. The molecule has 31 heavy (non-hydrogen) atoms. The number of halogens is 3. The van der Waals surface area contributed by atoms with Gasteiger partial charge in [0.2, 0.25) is 5.91 Å². The molecule has 0 aliphatic carbocycles. The topological polar surface area (TPSA) is 39.7 Å². The van der Waals surface area contributed by atoms with Crippen LogP contribution in [0.3, 0.4) is 0 Å². The summed E-state index contributed by atoms with van der Waals surface area (Å²) in [5, 5.41) is 0. The van der Waals surface area contributed by atoms with E-state index in [-0.39, 0.29) is 19.5 Å². The van der Waals surface area contributed by atoms with Crippen molar-refractivity contribution in [2.45, 2.75) is 25.7 Å². The molecule has 2 saturated heterocycles. The van der Waals surface area contributed by atoms with Crippen LogP contribution in [0.15, 0.2) is 54.9 Å². The highest BCUT2D eigenvalue weighted by molar-refractivity contribution is 5.84. The molecule has 0 saturated carbocycles. The summed E-state index contributed by atoms with van der Waals surface area (Å²) in [7, 11) is 0. The van der Waals surface area contributed by atoms with Crippen LogP contribution in [0.4, 0.5) is 13.2 Å². The van der Waals surface area contributed by atoms with Crippen molar-refractivity contribution >= 4 is 5.91 Å². The lowest BCUT2D eigenvalue weighted by molar-refractivity contribution is -0.224. The molecule has 0 radical (unpaired) electrons. The molecule has 2 aliphatic rings. The number of carbonyl (C=O) groups excluding carboxylic acids is 1. The predicted molar refractivity (Wildman–Crippen MR) is 111 cm³/mol. The molecule has 3 heterocycles. The first-order chi connectivity index (χ1) is 14.9. The molecule has 1 unspecified atom stereocenters. The standard InChI is InChI=1S/C23H27F3N4O/c24-23(25,26)22(8-10-29(18-22)16-19-5-2-1-3-6-19)21(31)30-13-11-28(12-14-30)17-20-7-4-9-27-15-20/h1-7,9,15H,8,10-14,16-18H2. The quantitative estimate of drug-likeness (QED) is 0.728. The Kier molecular flexibility index (Phi) is 6.29. The van der Waals surface area contributed by atoms with Crippen LogP contribution in [0.1, 0.15) is 17.5 Å². The van der Waals surface area contributed by atoms with Gasteiger partial charge in [0.25, 0.3) is 0 Å². The van der Waals surface area contributed by atoms with Crippen molar-refractivity contribution in [3.8, 4) is 0 Å². The van der Waals surface area contributed by atoms with Crippen LogP contribution >= 0.6 is 0 Å². The first kappa shape index (κ1) is 21.8. The van der Waals surface area contributed by atoms with Crippen molar-refractivity contribution in [3.63, 3.8) is 0 Å². The normalized spacial score (nSPS) is 23.3. The lowest BCUT2D eigenvalue weighted by Gasteiger charge is -2.40. The second-order valence-electron chi connectivity index (χ2n) is 8.46. The largest absolute Gasteiger partial charge is 0.404 e. The second-order valence-corrected chi connectivity index (χ2v) is 8.46. The third kappa shape index (κ3) is 4.75. The third-order valence-electron chi connectivity index (χ3n) is 6.34. The minimum Gasteiger partial charge on any atom is -0.339 e. The molecule has 2 aromatic rings. The van der Waals surface area contributed by atoms with Crippen molar-refractivity contribution in [1.29, 1.82) is 0 Å². The van der Waals surface area contributed by atoms with E-state index in [4.69, 9.17) is 0 Å². The average molecular weight is 432 g/mol. The number of carbonyl (C=O) groups is 1. The summed E-state index contributed by atoms with van der Waals surface area (Å²) in [6.07, 6.45) is -1.25. The second kappa shape index (κ2) is 8.96. The maximum atomic E-state index is 14.2. The Morgan fingerprint density at radius 3 is 2.23 bits per heavy atom. The van der Waals surface area contributed by atoms with E-state index >= 15 is 0 Å². The van der Waals surface area contributed by atoms with Gasteiger partial charge in [0.1, 0.15) is 0 Å². The maximum Gasteiger partial charge on any atom is 0.404 e. The average Bonchev–Trinajstić information content (AvgIpc) is 3.20. The summed E-state index contributed by atoms with van der Waals surface area (Å²) in [5.41, 5.74) is -0.300. The van der Waals surface area contributed by atoms with Gasteiger partial charge in [-0.3, -0.25) is 19.6 Å². The lowest BCUT2D eigenvalue weighted by Crippen LogP contribution is -2.58. The van der Waals surface area contributed by atoms with Crippen LogP contribution in [0.5, 0.6) is 0 Å². The zero-order chi connectivity index (χ0) is 21.9. The number of amides is 1. The van der Waals surface area contributed by atoms with Gasteiger partial charge in [-0.05, 0) is 30.2 Å². The molecule has 2 fully saturated rings. The molecule has 1 aromatic carbocycles. The molecule has 5 nitrogen and oxygen atoms in total. The van der Waals surface area contributed by atoms with Crippen LogP contribution in [0.25, 0.3) is 0 Å². The monoisotopic (exact) mass is 432 g/mol. The number of pyridine rings is 1. The number of benzene rings is 1. The Labute approximate surface area is 180 Å². The van der Waals surface area contributed by atoms with Crippen LogP contribution in [-0.2, 0) is 17.9 Å². The van der Waals surface area contributed by atoms with E-state index in [0.29, 0.717) is 39.3 Å². The van der Waals surface area contributed by atoms with E-state index in [0.717, 1.165) is 11.1 Å². The Morgan fingerprint density at radius 2 is 1.58 bits per heavy atom. The summed E-state index contributed by atoms with van der Waals surface area (Å²) in [6.45, 7) is 2.84. The maximum absolute atomic E-state index is 14.2. The molecule has 2 aliphatic heterocycles. The van der Waals surface area contributed by atoms with Crippen molar-refractivity contribution in [3.05, 3.63) is 66.0 Å². The van der Waals surface area contributed by atoms with Gasteiger partial charge in [0.05, 0.1) is 0 Å². The fraction of sp³-hybridized carbons (Fsp3) is 0.478. The first-order valence-electron chi connectivity index (χ1n) is 10.6. The first-order valence-corrected chi connectivity index (χ1v) is 10.6. The lowest BCUT2D eigenvalue weighted by atomic mass is 9.84. The van der Waals surface area contributed by atoms with Gasteiger partial charge in [0, 0.05) is 58.2 Å². The molecular weight excluding hydrogens is 405 g/mol. The fourth-order valence-corrected chi connectivity index (χ4v) is 4.55. The van der Waals surface area contributed by atoms with Crippen molar-refractivity contribution in [2.75, 3.05) is 39.3 Å². The molecular formula is C23H27F3N4O. The molecule has 4 rings (SSSR count). The Hall–Kier alpha value is -2.45. The van der Waals surface area contributed by atoms with Gasteiger partial charge < -0.3 is 4.90 Å². The van der Waals surface area contributed by atoms with Crippen LogP contribution in [0, 0.1) is 5.41 Å². The Morgan fingerprint density at radius 1 is 0.903 bits per heavy atom. The van der Waals surface area contributed by atoms with E-state index in [1.807, 2.05) is 42.5 Å². The van der Waals surface area contributed by atoms with Crippen LogP contribution in [0.2, 0.25) is 0 Å². The van der Waals surface area contributed by atoms with Crippen molar-refractivity contribution in [2.24, 2.45) is 5.41 Å². The fourth-order valence-electron chi connectivity index (χ4n) is 4.55. The third-order valence-corrected chi connectivity index (χ3v) is 6.34. The van der Waals surface area contributed by atoms with Gasteiger partial charge in [0.15, 0.2) is 5.41 Å². The van der Waals surface area contributed by atoms with Gasteiger partial charge in [-0.15, -0.1) is 0 Å². The predicted octanol–water partition coefficient (Wildman–Crippen LogP) is 3.18. The zero-order valence-corrected chi connectivity index (χ0v) is 17.4. The molecule has 1 amide bonds. The highest BCUT2D eigenvalue weighted by Crippen LogP contribution is 2.47. The highest BCUT2D eigenvalue weighted by Gasteiger charge is 2.64. The summed E-state index contributed by atoms with van der Waals surface area (Å²) in [5.74, 6) is -0.767. The van der Waals surface area contributed by atoms with Crippen LogP contribution < -0.4 is 0 Å². The number of alkyl halides is 3. The van der Waals surface area contributed by atoms with E-state index < -0.39 is 17.5 Å². The number of hydrogen-bond donors (Lipinski definition) is 0. The minimum atomic E-state index is -4.57. The van der Waals surface area contributed by atoms with Gasteiger partial charge in [-0.1, -0.05) is 36.4 Å². The van der Waals surface area contributed by atoms with E-state index in [1.165, 1.54) is 4.90 Å². The summed E-state index contributed by atoms with van der Waals surface area (Å²) >= 11 is 0. The number of likely N-dealkylation sites (tertiary alicyclic amines) is 1. The number of hydrogen-bond acceptors (Lipinski definition) is 4. The van der Waals surface area contributed by atoms with Crippen molar-refractivity contribution in [1.82, 2.24) is 19.7 Å². The smallest absolute Gasteiger partial charge is 0.339 e. The number of nitrogens with zero attached hydrogens (tertiary/aromatic N) is 4. The molecule has 1 aromatic heterocycles. The minimum absolute atomic E-state index is 0.182. The molecule has 8 heteroatoms. The van der Waals surface area contributed by atoms with E-state index in [9.17, 15) is 18.0 Å². The molecule has 0 bridgehead atoms. The van der Waals surface area contributed by atoms with Gasteiger partial charge in [-0.25, -0.2) is 0 Å².